The van der Waals surface area contributed by atoms with E-state index < -0.39 is 23.4 Å². The Kier molecular flexibility index (Phi) is 6.56. The van der Waals surface area contributed by atoms with Gasteiger partial charge in [-0.15, -0.1) is 0 Å². The molecule has 2 amide bonds. The van der Waals surface area contributed by atoms with Crippen LogP contribution in [0.4, 0.5) is 0 Å². The monoisotopic (exact) mass is 404 g/mol. The third-order valence-corrected chi connectivity index (χ3v) is 4.93. The lowest BCUT2D eigenvalue weighted by atomic mass is 9.95. The molecule has 1 atom stereocenters. The Balaban J connectivity index is 1.60. The molecule has 0 heterocycles. The van der Waals surface area contributed by atoms with Crippen LogP contribution in [-0.2, 0) is 11.3 Å². The number of rotatable bonds is 7. The van der Waals surface area contributed by atoms with Crippen LogP contribution in [0, 0.1) is 11.8 Å². The molecule has 156 valence electrons. The molecule has 2 aromatic carbocycles. The van der Waals surface area contributed by atoms with Crippen molar-refractivity contribution in [2.45, 2.75) is 50.9 Å². The molecular formula is C24H28N4O2. The number of carbonyl (C=O) groups is 2. The number of primary amides is 1. The molecule has 1 fully saturated rings. The van der Waals surface area contributed by atoms with Crippen LogP contribution >= 0.6 is 0 Å². The molecule has 6 nitrogen and oxygen atoms in total. The highest BCUT2D eigenvalue weighted by Crippen LogP contribution is 2.19. The lowest BCUT2D eigenvalue weighted by Gasteiger charge is -2.28. The average molecular weight is 405 g/mol. The molecule has 30 heavy (non-hydrogen) atoms. The van der Waals surface area contributed by atoms with E-state index in [1.165, 1.54) is 18.4 Å². The molecule has 1 aliphatic carbocycles. The number of hydrogen-bond donors (Lipinski definition) is 4. The minimum Gasteiger partial charge on any atom is -0.368 e. The molecule has 0 bridgehead atoms. The minimum absolute atomic E-state index is 0.406. The zero-order valence-corrected chi connectivity index (χ0v) is 17.4. The molecule has 0 radical (unpaired) electrons. The summed E-state index contributed by atoms with van der Waals surface area (Å²) in [4.78, 5) is 24.0. The van der Waals surface area contributed by atoms with Gasteiger partial charge >= 0.3 is 0 Å². The van der Waals surface area contributed by atoms with Crippen molar-refractivity contribution in [1.82, 2.24) is 10.6 Å². The number of amides is 2. The van der Waals surface area contributed by atoms with Crippen LogP contribution in [0.5, 0.6) is 0 Å². The van der Waals surface area contributed by atoms with Crippen molar-refractivity contribution >= 4 is 11.8 Å². The van der Waals surface area contributed by atoms with Gasteiger partial charge in [0.05, 0.1) is 0 Å². The van der Waals surface area contributed by atoms with Crippen molar-refractivity contribution in [2.24, 2.45) is 11.5 Å². The SMILES string of the molecule is CC(C)(N)[C@@H](NC(=O)c1ccc(C#Cc2ccc(CNC3CC3)cc2)cc1)C(N)=O. The van der Waals surface area contributed by atoms with Gasteiger partial charge in [0, 0.05) is 34.8 Å². The second kappa shape index (κ2) is 9.12. The predicted octanol–water partition coefficient (Wildman–Crippen LogP) is 1.66. The van der Waals surface area contributed by atoms with E-state index >= 15 is 0 Å². The maximum atomic E-state index is 12.4. The molecule has 3 rings (SSSR count). The van der Waals surface area contributed by atoms with Crippen LogP contribution < -0.4 is 22.1 Å². The van der Waals surface area contributed by atoms with Crippen molar-refractivity contribution in [2.75, 3.05) is 0 Å². The van der Waals surface area contributed by atoms with Crippen LogP contribution in [0.15, 0.2) is 48.5 Å². The smallest absolute Gasteiger partial charge is 0.251 e. The molecule has 6 N–H and O–H groups in total. The van der Waals surface area contributed by atoms with Crippen molar-refractivity contribution in [3.05, 3.63) is 70.8 Å². The van der Waals surface area contributed by atoms with E-state index in [0.29, 0.717) is 11.6 Å². The van der Waals surface area contributed by atoms with Gasteiger partial charge in [-0.2, -0.15) is 0 Å². The van der Waals surface area contributed by atoms with E-state index in [1.807, 2.05) is 12.1 Å². The van der Waals surface area contributed by atoms with E-state index in [9.17, 15) is 9.59 Å². The Morgan fingerprint density at radius 1 is 1.03 bits per heavy atom. The lowest BCUT2D eigenvalue weighted by Crippen LogP contribution is -2.60. The highest BCUT2D eigenvalue weighted by molar-refractivity contribution is 5.97. The van der Waals surface area contributed by atoms with E-state index in [1.54, 1.807) is 38.1 Å². The Morgan fingerprint density at radius 2 is 1.57 bits per heavy atom. The first-order chi connectivity index (χ1) is 14.2. The first-order valence-electron chi connectivity index (χ1n) is 10.1. The summed E-state index contributed by atoms with van der Waals surface area (Å²) >= 11 is 0. The topological polar surface area (TPSA) is 110 Å². The van der Waals surface area contributed by atoms with E-state index in [2.05, 4.69) is 34.6 Å². The van der Waals surface area contributed by atoms with Gasteiger partial charge in [0.15, 0.2) is 0 Å². The third kappa shape index (κ3) is 6.18. The van der Waals surface area contributed by atoms with Gasteiger partial charge in [0.1, 0.15) is 6.04 Å². The summed E-state index contributed by atoms with van der Waals surface area (Å²) in [6.45, 7) is 4.16. The Labute approximate surface area is 177 Å². The first kappa shape index (κ1) is 21.6. The number of carbonyl (C=O) groups excluding carboxylic acids is 2. The summed E-state index contributed by atoms with van der Waals surface area (Å²) in [5.41, 5.74) is 13.7. The Hall–Kier alpha value is -3.14. The Morgan fingerprint density at radius 3 is 2.03 bits per heavy atom. The lowest BCUT2D eigenvalue weighted by molar-refractivity contribution is -0.121. The fraction of sp³-hybridized carbons (Fsp3) is 0.333. The third-order valence-electron chi connectivity index (χ3n) is 4.93. The maximum absolute atomic E-state index is 12.4. The average Bonchev–Trinajstić information content (AvgIpc) is 3.53. The van der Waals surface area contributed by atoms with Crippen molar-refractivity contribution in [1.29, 1.82) is 0 Å². The summed E-state index contributed by atoms with van der Waals surface area (Å²) < 4.78 is 0. The zero-order chi connectivity index (χ0) is 21.7. The molecule has 6 heteroatoms. The fourth-order valence-corrected chi connectivity index (χ4v) is 2.94. The molecule has 1 saturated carbocycles. The second-order valence-electron chi connectivity index (χ2n) is 8.31. The summed E-state index contributed by atoms with van der Waals surface area (Å²) in [7, 11) is 0. The standard InChI is InChI=1S/C24H28N4O2/c1-24(2,26)21(22(25)29)28-23(30)19-11-9-17(10-12-19)4-3-16-5-7-18(8-6-16)15-27-20-13-14-20/h5-12,20-21,27H,13-15,26H2,1-2H3,(H2,25,29)(H,28,30)/t21-/m0/s1. The quantitative estimate of drug-likeness (QED) is 0.526. The predicted molar refractivity (Wildman–Crippen MR) is 117 cm³/mol. The summed E-state index contributed by atoms with van der Waals surface area (Å²) in [6, 6.07) is 14.8. The van der Waals surface area contributed by atoms with Gasteiger partial charge < -0.3 is 22.1 Å². The largest absolute Gasteiger partial charge is 0.368 e. The van der Waals surface area contributed by atoms with Crippen LogP contribution in [0.25, 0.3) is 0 Å². The maximum Gasteiger partial charge on any atom is 0.251 e. The van der Waals surface area contributed by atoms with Gasteiger partial charge in [-0.3, -0.25) is 9.59 Å². The number of nitrogens with two attached hydrogens (primary N) is 2. The molecule has 0 unspecified atom stereocenters. The fourth-order valence-electron chi connectivity index (χ4n) is 2.94. The number of hydrogen-bond acceptors (Lipinski definition) is 4. The van der Waals surface area contributed by atoms with Crippen LogP contribution in [0.1, 0.15) is 53.7 Å². The van der Waals surface area contributed by atoms with Crippen LogP contribution in [-0.4, -0.2) is 29.4 Å². The zero-order valence-electron chi connectivity index (χ0n) is 17.4. The van der Waals surface area contributed by atoms with Gasteiger partial charge in [-0.05, 0) is 68.7 Å². The van der Waals surface area contributed by atoms with Crippen LogP contribution in [0.2, 0.25) is 0 Å². The van der Waals surface area contributed by atoms with Crippen molar-refractivity contribution in [3.63, 3.8) is 0 Å². The highest BCUT2D eigenvalue weighted by atomic mass is 16.2. The molecule has 1 aliphatic rings. The van der Waals surface area contributed by atoms with Gasteiger partial charge in [-0.25, -0.2) is 0 Å². The summed E-state index contributed by atoms with van der Waals surface area (Å²) in [5, 5.41) is 6.09. The number of benzene rings is 2. The highest BCUT2D eigenvalue weighted by Gasteiger charge is 2.31. The molecule has 0 spiro atoms. The van der Waals surface area contributed by atoms with Crippen molar-refractivity contribution in [3.8, 4) is 11.8 Å². The van der Waals surface area contributed by atoms with Crippen LogP contribution in [0.3, 0.4) is 0 Å². The molecule has 0 saturated heterocycles. The van der Waals surface area contributed by atoms with E-state index in [-0.39, 0.29) is 0 Å². The second-order valence-corrected chi connectivity index (χ2v) is 8.31. The normalized spacial score (nSPS) is 14.4. The Bertz CT molecular complexity index is 959. The van der Waals surface area contributed by atoms with Gasteiger partial charge in [-0.1, -0.05) is 24.0 Å². The van der Waals surface area contributed by atoms with Crippen molar-refractivity contribution < 1.29 is 9.59 Å². The summed E-state index contributed by atoms with van der Waals surface area (Å²) in [5.74, 6) is 5.15. The molecule has 0 aliphatic heterocycles. The van der Waals surface area contributed by atoms with E-state index in [4.69, 9.17) is 11.5 Å². The molecular weight excluding hydrogens is 376 g/mol. The van der Waals surface area contributed by atoms with Gasteiger partial charge in [0.25, 0.3) is 5.91 Å². The molecule has 2 aromatic rings. The first-order valence-corrected chi connectivity index (χ1v) is 10.1. The summed E-state index contributed by atoms with van der Waals surface area (Å²) in [6.07, 6.45) is 2.56. The van der Waals surface area contributed by atoms with E-state index in [0.717, 1.165) is 17.7 Å². The van der Waals surface area contributed by atoms with Gasteiger partial charge in [0.2, 0.25) is 5.91 Å². The minimum atomic E-state index is -0.966. The molecule has 0 aromatic heterocycles. The number of nitrogens with one attached hydrogen (secondary N) is 2.